The number of benzene rings is 7. The molecule has 3 nitrogen and oxygen atoms in total. The Balaban J connectivity index is 1.20. The topological polar surface area (TPSA) is 38.7 Å². The molecular weight excluding hydrogens is 510 g/mol. The fraction of sp³-hybridized carbons (Fsp3) is 0. The minimum absolute atomic E-state index is 0.662. The van der Waals surface area contributed by atoms with E-state index in [4.69, 9.17) is 4.98 Å². The van der Waals surface area contributed by atoms with Crippen LogP contribution in [0.2, 0.25) is 0 Å². The summed E-state index contributed by atoms with van der Waals surface area (Å²) in [7, 11) is 0. The summed E-state index contributed by atoms with van der Waals surface area (Å²) in [5.41, 5.74) is 6.58. The summed E-state index contributed by atoms with van der Waals surface area (Å²) >= 11 is 0. The largest absolute Gasteiger partial charge is 0.217 e. The van der Waals surface area contributed by atoms with Gasteiger partial charge in [0.05, 0.1) is 0 Å². The van der Waals surface area contributed by atoms with E-state index in [9.17, 15) is 0 Å². The van der Waals surface area contributed by atoms with E-state index in [0.29, 0.717) is 11.6 Å². The van der Waals surface area contributed by atoms with Crippen molar-refractivity contribution in [1.82, 2.24) is 15.0 Å². The van der Waals surface area contributed by atoms with Crippen molar-refractivity contribution >= 4 is 32.3 Å². The lowest BCUT2D eigenvalue weighted by Crippen LogP contribution is -1.95. The van der Waals surface area contributed by atoms with Crippen LogP contribution in [0.5, 0.6) is 0 Å². The molecule has 0 spiro atoms. The van der Waals surface area contributed by atoms with Gasteiger partial charge in [0, 0.05) is 11.1 Å². The molecule has 0 aliphatic rings. The smallest absolute Gasteiger partial charge is 0.163 e. The van der Waals surface area contributed by atoms with Gasteiger partial charge in [-0.3, -0.25) is 0 Å². The van der Waals surface area contributed by atoms with Crippen molar-refractivity contribution in [2.24, 2.45) is 0 Å². The van der Waals surface area contributed by atoms with Crippen LogP contribution < -0.4 is 0 Å². The highest BCUT2D eigenvalue weighted by atomic mass is 15.0. The molecule has 196 valence electrons. The molecule has 0 atom stereocenters. The van der Waals surface area contributed by atoms with Gasteiger partial charge in [0.15, 0.2) is 11.6 Å². The monoisotopic (exact) mass is 535 g/mol. The Hall–Kier alpha value is -5.67. The second kappa shape index (κ2) is 10.1. The molecule has 0 aliphatic heterocycles. The maximum Gasteiger partial charge on any atom is 0.163 e. The second-order valence-electron chi connectivity index (χ2n) is 10.5. The molecule has 0 amide bonds. The zero-order valence-corrected chi connectivity index (χ0v) is 22.8. The number of nitrogens with zero attached hydrogens (tertiary/aromatic N) is 3. The van der Waals surface area contributed by atoms with E-state index in [1.807, 2.05) is 30.3 Å². The third-order valence-corrected chi connectivity index (χ3v) is 8.00. The molecule has 0 unspecified atom stereocenters. The average molecular weight is 536 g/mol. The summed E-state index contributed by atoms with van der Waals surface area (Å²) in [6.07, 6.45) is 1.59. The van der Waals surface area contributed by atoms with Gasteiger partial charge >= 0.3 is 0 Å². The summed E-state index contributed by atoms with van der Waals surface area (Å²) in [5, 5.41) is 7.71. The minimum atomic E-state index is 0.662. The molecule has 0 aliphatic carbocycles. The van der Waals surface area contributed by atoms with E-state index in [1.165, 1.54) is 43.4 Å². The Morgan fingerprint density at radius 1 is 0.286 bits per heavy atom. The van der Waals surface area contributed by atoms with Gasteiger partial charge in [-0.15, -0.1) is 0 Å². The zero-order chi connectivity index (χ0) is 27.9. The first-order valence-electron chi connectivity index (χ1n) is 14.1. The van der Waals surface area contributed by atoms with Gasteiger partial charge in [-0.2, -0.15) is 0 Å². The maximum atomic E-state index is 4.77. The normalized spacial score (nSPS) is 11.3. The van der Waals surface area contributed by atoms with E-state index >= 15 is 0 Å². The second-order valence-corrected chi connectivity index (χ2v) is 10.5. The molecule has 1 heterocycles. The average Bonchev–Trinajstić information content (AvgIpc) is 3.09. The highest BCUT2D eigenvalue weighted by Gasteiger charge is 2.11. The maximum absolute atomic E-state index is 4.77. The van der Waals surface area contributed by atoms with Crippen molar-refractivity contribution < 1.29 is 0 Å². The van der Waals surface area contributed by atoms with E-state index < -0.39 is 0 Å². The fourth-order valence-electron chi connectivity index (χ4n) is 5.97. The fourth-order valence-corrected chi connectivity index (χ4v) is 5.97. The van der Waals surface area contributed by atoms with E-state index in [0.717, 1.165) is 22.3 Å². The highest BCUT2D eigenvalue weighted by molar-refractivity contribution is 6.25. The zero-order valence-electron chi connectivity index (χ0n) is 22.8. The van der Waals surface area contributed by atoms with Crippen LogP contribution in [0.1, 0.15) is 0 Å². The summed E-state index contributed by atoms with van der Waals surface area (Å²) in [5.74, 6) is 1.33. The lowest BCUT2D eigenvalue weighted by Gasteiger charge is -2.13. The quantitative estimate of drug-likeness (QED) is 0.211. The first-order chi connectivity index (χ1) is 20.8. The van der Waals surface area contributed by atoms with Crippen molar-refractivity contribution in [2.75, 3.05) is 0 Å². The summed E-state index contributed by atoms with van der Waals surface area (Å²) in [6.45, 7) is 0. The molecule has 42 heavy (non-hydrogen) atoms. The van der Waals surface area contributed by atoms with Gasteiger partial charge in [-0.1, -0.05) is 127 Å². The Bertz CT molecular complexity index is 2220. The van der Waals surface area contributed by atoms with Crippen molar-refractivity contribution in [2.45, 2.75) is 0 Å². The molecule has 3 heteroatoms. The van der Waals surface area contributed by atoms with E-state index in [-0.39, 0.29) is 0 Å². The van der Waals surface area contributed by atoms with Gasteiger partial charge in [-0.05, 0) is 72.8 Å². The number of aromatic nitrogens is 3. The molecule has 7 aromatic carbocycles. The van der Waals surface area contributed by atoms with Crippen LogP contribution >= 0.6 is 0 Å². The van der Waals surface area contributed by atoms with Crippen LogP contribution in [0.15, 0.2) is 152 Å². The Kier molecular flexibility index (Phi) is 5.79. The first kappa shape index (κ1) is 24.2. The molecule has 1 aromatic heterocycles. The van der Waals surface area contributed by atoms with Crippen molar-refractivity contribution in [3.05, 3.63) is 152 Å². The van der Waals surface area contributed by atoms with Gasteiger partial charge in [0.25, 0.3) is 0 Å². The molecule has 0 fully saturated rings. The molecule has 8 rings (SSSR count). The molecule has 8 aromatic rings. The van der Waals surface area contributed by atoms with Gasteiger partial charge in [0.2, 0.25) is 0 Å². The third kappa shape index (κ3) is 4.20. The molecule has 0 radical (unpaired) electrons. The van der Waals surface area contributed by atoms with E-state index in [2.05, 4.69) is 125 Å². The van der Waals surface area contributed by atoms with Crippen molar-refractivity contribution in [3.8, 4) is 45.0 Å². The predicted molar refractivity (Wildman–Crippen MR) is 174 cm³/mol. The number of rotatable bonds is 4. The Morgan fingerprint density at radius 3 is 1.33 bits per heavy atom. The van der Waals surface area contributed by atoms with Gasteiger partial charge < -0.3 is 0 Å². The molecule has 0 N–H and O–H groups in total. The molecule has 0 bridgehead atoms. The number of hydrogen-bond acceptors (Lipinski definition) is 3. The molecular formula is C39H25N3. The lowest BCUT2D eigenvalue weighted by molar-refractivity contribution is 1.07. The first-order valence-corrected chi connectivity index (χ1v) is 14.1. The van der Waals surface area contributed by atoms with Crippen LogP contribution in [-0.4, -0.2) is 15.0 Å². The molecule has 0 saturated carbocycles. The van der Waals surface area contributed by atoms with Crippen LogP contribution in [0.3, 0.4) is 0 Å². The lowest BCUT2D eigenvalue weighted by atomic mass is 9.91. The Morgan fingerprint density at radius 2 is 0.714 bits per heavy atom. The number of hydrogen-bond donors (Lipinski definition) is 0. The van der Waals surface area contributed by atoms with E-state index in [1.54, 1.807) is 6.33 Å². The highest BCUT2D eigenvalue weighted by Crippen LogP contribution is 2.37. The SMILES string of the molecule is c1ccc(-c2ncnc(-c3cccc(-c4cccc(-c5ccc6c7ccccc7c7ccccc7c6c5)c4)c3)n2)cc1. The van der Waals surface area contributed by atoms with Gasteiger partial charge in [0.1, 0.15) is 6.33 Å². The summed E-state index contributed by atoms with van der Waals surface area (Å²) in [4.78, 5) is 13.7. The predicted octanol–water partition coefficient (Wildman–Crippen LogP) is 10.00. The van der Waals surface area contributed by atoms with Crippen LogP contribution in [-0.2, 0) is 0 Å². The summed E-state index contributed by atoms with van der Waals surface area (Å²) < 4.78 is 0. The van der Waals surface area contributed by atoms with Crippen LogP contribution in [0, 0.1) is 0 Å². The summed E-state index contributed by atoms with van der Waals surface area (Å²) in [6, 6.07) is 51.5. The Labute approximate surface area is 243 Å². The number of fused-ring (bicyclic) bond motifs is 6. The van der Waals surface area contributed by atoms with Gasteiger partial charge in [-0.25, -0.2) is 15.0 Å². The van der Waals surface area contributed by atoms with Crippen molar-refractivity contribution in [3.63, 3.8) is 0 Å². The van der Waals surface area contributed by atoms with Crippen LogP contribution in [0.4, 0.5) is 0 Å². The minimum Gasteiger partial charge on any atom is -0.217 e. The van der Waals surface area contributed by atoms with Crippen molar-refractivity contribution in [1.29, 1.82) is 0 Å². The standard InChI is InChI=1S/C39H25N3/c1-2-10-26(11-3-1)38-40-25-41-39(42-38)31-15-9-14-29(23-31)27-12-8-13-28(22-27)30-20-21-36-34-18-5-4-16-32(34)33-17-6-7-19-35(33)37(36)24-30/h1-25H. The third-order valence-electron chi connectivity index (χ3n) is 8.00. The van der Waals surface area contributed by atoms with Crippen LogP contribution in [0.25, 0.3) is 77.3 Å². The molecule has 0 saturated heterocycles.